The van der Waals surface area contributed by atoms with Gasteiger partial charge in [0.05, 0.1) is 0 Å². The minimum Gasteiger partial charge on any atom is -0.366 e. The van der Waals surface area contributed by atoms with Crippen LogP contribution in [0, 0.1) is 5.92 Å². The summed E-state index contributed by atoms with van der Waals surface area (Å²) in [5.74, 6) is 0.378. The molecule has 1 aliphatic carbocycles. The molecule has 0 saturated heterocycles. The molecule has 1 atom stereocenters. The van der Waals surface area contributed by atoms with Crippen molar-refractivity contribution in [1.29, 1.82) is 0 Å². The molecule has 0 aromatic heterocycles. The van der Waals surface area contributed by atoms with E-state index in [2.05, 4.69) is 17.5 Å². The van der Waals surface area contributed by atoms with Crippen LogP contribution in [0.3, 0.4) is 0 Å². The number of nitrogens with one attached hydrogen (secondary N) is 1. The van der Waals surface area contributed by atoms with Gasteiger partial charge in [-0.25, -0.2) is 0 Å². The number of primary amides is 1. The van der Waals surface area contributed by atoms with Crippen molar-refractivity contribution in [1.82, 2.24) is 5.32 Å². The second-order valence-electron chi connectivity index (χ2n) is 4.85. The second kappa shape index (κ2) is 6.36. The molecule has 1 unspecified atom stereocenters. The molecule has 1 amide bonds. The Hall–Kier alpha value is -1.61. The van der Waals surface area contributed by atoms with Gasteiger partial charge in [0.1, 0.15) is 0 Å². The lowest BCUT2D eigenvalue weighted by atomic mass is 9.94. The van der Waals surface area contributed by atoms with Gasteiger partial charge in [0, 0.05) is 12.1 Å². The van der Waals surface area contributed by atoms with Gasteiger partial charge in [-0.2, -0.15) is 0 Å². The zero-order valence-electron chi connectivity index (χ0n) is 10.6. The first kappa shape index (κ1) is 12.8. The van der Waals surface area contributed by atoms with Crippen LogP contribution in [0.25, 0.3) is 0 Å². The Kier molecular flexibility index (Phi) is 4.53. The molecule has 1 aromatic rings. The van der Waals surface area contributed by atoms with E-state index in [9.17, 15) is 4.79 Å². The Labute approximate surface area is 108 Å². The van der Waals surface area contributed by atoms with Crippen LogP contribution in [-0.4, -0.2) is 12.5 Å². The number of hydrogen-bond donors (Lipinski definition) is 2. The van der Waals surface area contributed by atoms with Crippen LogP contribution < -0.4 is 11.1 Å². The molecule has 1 aromatic carbocycles. The third kappa shape index (κ3) is 3.70. The molecule has 0 fully saturated rings. The SMILES string of the molecule is NC(=O)c1cccc(CNCC2CC=CCC2)c1. The normalized spacial score (nSPS) is 18.8. The monoisotopic (exact) mass is 244 g/mol. The van der Waals surface area contributed by atoms with Gasteiger partial charge in [0.2, 0.25) is 5.91 Å². The molecule has 3 heteroatoms. The number of carbonyl (C=O) groups is 1. The van der Waals surface area contributed by atoms with Crippen LogP contribution in [0.15, 0.2) is 36.4 Å². The lowest BCUT2D eigenvalue weighted by Gasteiger charge is -2.18. The van der Waals surface area contributed by atoms with Crippen LogP contribution in [0.4, 0.5) is 0 Å². The summed E-state index contributed by atoms with van der Waals surface area (Å²) >= 11 is 0. The third-order valence-electron chi connectivity index (χ3n) is 3.35. The largest absolute Gasteiger partial charge is 0.366 e. The standard InChI is InChI=1S/C15H20N2O/c16-15(18)14-8-4-7-13(9-14)11-17-10-12-5-2-1-3-6-12/h1-2,4,7-9,12,17H,3,5-6,10-11H2,(H2,16,18). The molecule has 3 N–H and O–H groups in total. The van der Waals surface area contributed by atoms with Gasteiger partial charge >= 0.3 is 0 Å². The number of amides is 1. The fourth-order valence-corrected chi connectivity index (χ4v) is 2.30. The summed E-state index contributed by atoms with van der Waals surface area (Å²) in [6.45, 7) is 1.83. The topological polar surface area (TPSA) is 55.1 Å². The van der Waals surface area contributed by atoms with Crippen LogP contribution in [-0.2, 0) is 6.54 Å². The van der Waals surface area contributed by atoms with E-state index < -0.39 is 0 Å². The maximum absolute atomic E-state index is 11.1. The van der Waals surface area contributed by atoms with Gasteiger partial charge in [0.15, 0.2) is 0 Å². The van der Waals surface area contributed by atoms with E-state index in [1.54, 1.807) is 6.07 Å². The summed E-state index contributed by atoms with van der Waals surface area (Å²) in [6, 6.07) is 7.49. The Morgan fingerprint density at radius 3 is 3.00 bits per heavy atom. The van der Waals surface area contributed by atoms with Gasteiger partial charge < -0.3 is 11.1 Å². The molecule has 96 valence electrons. The van der Waals surface area contributed by atoms with Crippen molar-refractivity contribution in [2.24, 2.45) is 11.7 Å². The van der Waals surface area contributed by atoms with Crippen LogP contribution in [0.5, 0.6) is 0 Å². The number of carbonyl (C=O) groups excluding carboxylic acids is 1. The van der Waals surface area contributed by atoms with Gasteiger partial charge in [-0.15, -0.1) is 0 Å². The van der Waals surface area contributed by atoms with Crippen molar-refractivity contribution in [2.45, 2.75) is 25.8 Å². The number of benzene rings is 1. The molecular weight excluding hydrogens is 224 g/mol. The minimum atomic E-state index is -0.366. The van der Waals surface area contributed by atoms with Crippen molar-refractivity contribution in [3.63, 3.8) is 0 Å². The molecule has 0 saturated carbocycles. The molecule has 1 aliphatic rings. The van der Waals surface area contributed by atoms with Crippen molar-refractivity contribution in [3.05, 3.63) is 47.5 Å². The predicted octanol–water partition coefficient (Wildman–Crippen LogP) is 2.23. The zero-order chi connectivity index (χ0) is 12.8. The van der Waals surface area contributed by atoms with E-state index in [1.807, 2.05) is 18.2 Å². The molecule has 0 radical (unpaired) electrons. The summed E-state index contributed by atoms with van der Waals surface area (Å²) in [6.07, 6.45) is 8.17. The average Bonchev–Trinajstić information content (AvgIpc) is 2.40. The van der Waals surface area contributed by atoms with Gasteiger partial charge in [-0.05, 0) is 49.4 Å². The molecule has 18 heavy (non-hydrogen) atoms. The Morgan fingerprint density at radius 1 is 1.39 bits per heavy atom. The van der Waals surface area contributed by atoms with Crippen molar-refractivity contribution in [2.75, 3.05) is 6.54 Å². The highest BCUT2D eigenvalue weighted by molar-refractivity contribution is 5.92. The number of nitrogens with two attached hydrogens (primary N) is 1. The molecule has 3 nitrogen and oxygen atoms in total. The second-order valence-corrected chi connectivity index (χ2v) is 4.85. The van der Waals surface area contributed by atoms with Crippen molar-refractivity contribution < 1.29 is 4.79 Å². The highest BCUT2D eigenvalue weighted by Gasteiger charge is 2.09. The Bertz CT molecular complexity index is 440. The van der Waals surface area contributed by atoms with E-state index in [4.69, 9.17) is 5.73 Å². The van der Waals surface area contributed by atoms with Crippen LogP contribution in [0.2, 0.25) is 0 Å². The molecule has 0 bridgehead atoms. The Morgan fingerprint density at radius 2 is 2.28 bits per heavy atom. The summed E-state index contributed by atoms with van der Waals surface area (Å²) < 4.78 is 0. The first-order chi connectivity index (χ1) is 8.75. The van der Waals surface area contributed by atoms with E-state index in [1.165, 1.54) is 19.3 Å². The van der Waals surface area contributed by atoms with Crippen LogP contribution >= 0.6 is 0 Å². The lowest BCUT2D eigenvalue weighted by Crippen LogP contribution is -2.23. The maximum atomic E-state index is 11.1. The summed E-state index contributed by atoms with van der Waals surface area (Å²) in [4.78, 5) is 11.1. The Balaban J connectivity index is 1.81. The smallest absolute Gasteiger partial charge is 0.248 e. The maximum Gasteiger partial charge on any atom is 0.248 e. The average molecular weight is 244 g/mol. The quantitative estimate of drug-likeness (QED) is 0.780. The highest BCUT2D eigenvalue weighted by Crippen LogP contribution is 2.17. The number of hydrogen-bond acceptors (Lipinski definition) is 2. The van der Waals surface area contributed by atoms with Crippen LogP contribution in [0.1, 0.15) is 35.2 Å². The fourth-order valence-electron chi connectivity index (χ4n) is 2.30. The van der Waals surface area contributed by atoms with Crippen molar-refractivity contribution >= 4 is 5.91 Å². The van der Waals surface area contributed by atoms with Gasteiger partial charge in [-0.1, -0.05) is 24.3 Å². The molecular formula is C15H20N2O. The molecule has 2 rings (SSSR count). The number of rotatable bonds is 5. The minimum absolute atomic E-state index is 0.366. The summed E-state index contributed by atoms with van der Waals surface area (Å²) in [5, 5.41) is 3.45. The van der Waals surface area contributed by atoms with E-state index >= 15 is 0 Å². The van der Waals surface area contributed by atoms with Gasteiger partial charge in [0.25, 0.3) is 0 Å². The third-order valence-corrected chi connectivity index (χ3v) is 3.35. The number of allylic oxidation sites excluding steroid dienone is 2. The zero-order valence-corrected chi connectivity index (χ0v) is 10.6. The predicted molar refractivity (Wildman–Crippen MR) is 73.1 cm³/mol. The first-order valence-corrected chi connectivity index (χ1v) is 6.50. The molecule has 0 heterocycles. The summed E-state index contributed by atoms with van der Waals surface area (Å²) in [5.41, 5.74) is 6.95. The first-order valence-electron chi connectivity index (χ1n) is 6.50. The van der Waals surface area contributed by atoms with Gasteiger partial charge in [-0.3, -0.25) is 4.79 Å². The fraction of sp³-hybridized carbons (Fsp3) is 0.400. The molecule has 0 aliphatic heterocycles. The van der Waals surface area contributed by atoms with E-state index in [0.717, 1.165) is 24.6 Å². The molecule has 0 spiro atoms. The van der Waals surface area contributed by atoms with E-state index in [-0.39, 0.29) is 5.91 Å². The summed E-state index contributed by atoms with van der Waals surface area (Å²) in [7, 11) is 0. The van der Waals surface area contributed by atoms with E-state index in [0.29, 0.717) is 5.56 Å². The highest BCUT2D eigenvalue weighted by atomic mass is 16.1. The lowest BCUT2D eigenvalue weighted by molar-refractivity contribution is 0.1000. The van der Waals surface area contributed by atoms with Crippen molar-refractivity contribution in [3.8, 4) is 0 Å².